The zero-order chi connectivity index (χ0) is 23.0. The highest BCUT2D eigenvalue weighted by Gasteiger charge is 2.47. The van der Waals surface area contributed by atoms with Gasteiger partial charge < -0.3 is 9.84 Å². The van der Waals surface area contributed by atoms with Crippen LogP contribution in [0.4, 0.5) is 10.1 Å². The van der Waals surface area contributed by atoms with Gasteiger partial charge in [0.1, 0.15) is 17.3 Å². The third-order valence-corrected chi connectivity index (χ3v) is 5.53. The van der Waals surface area contributed by atoms with E-state index in [-0.39, 0.29) is 16.9 Å². The number of halogens is 2. The fraction of sp³-hybridized carbons (Fsp3) is 0.125. The fourth-order valence-electron chi connectivity index (χ4n) is 3.79. The summed E-state index contributed by atoms with van der Waals surface area (Å²) in [4.78, 5) is 31.7. The van der Waals surface area contributed by atoms with Crippen molar-refractivity contribution in [1.29, 1.82) is 0 Å². The van der Waals surface area contributed by atoms with Gasteiger partial charge in [0, 0.05) is 23.1 Å². The molecule has 1 aliphatic heterocycles. The van der Waals surface area contributed by atoms with Gasteiger partial charge >= 0.3 is 0 Å². The third kappa shape index (κ3) is 3.61. The normalized spacial score (nSPS) is 17.6. The summed E-state index contributed by atoms with van der Waals surface area (Å²) in [5, 5.41) is 11.5. The number of Topliss-reactive ketones (excluding diaryl/α,β-unsaturated/α-hetero) is 1. The highest BCUT2D eigenvalue weighted by molar-refractivity contribution is 6.52. The van der Waals surface area contributed by atoms with Crippen molar-refractivity contribution in [3.05, 3.63) is 94.0 Å². The lowest BCUT2D eigenvalue weighted by Gasteiger charge is -2.26. The van der Waals surface area contributed by atoms with E-state index in [9.17, 15) is 19.1 Å². The first-order chi connectivity index (χ1) is 15.3. The molecule has 4 rings (SSSR count). The van der Waals surface area contributed by atoms with Crippen molar-refractivity contribution in [1.82, 2.24) is 4.98 Å². The Kier molecular flexibility index (Phi) is 5.67. The molecule has 1 atom stereocenters. The molecule has 3 aromatic rings. The first-order valence-corrected chi connectivity index (χ1v) is 10.0. The molecular formula is C24H18ClFN2O4. The van der Waals surface area contributed by atoms with Crippen molar-refractivity contribution in [2.75, 3.05) is 12.0 Å². The number of nitrogens with zero attached hydrogens (tertiary/aromatic N) is 2. The number of carbonyl (C=O) groups excluding carboxylic acids is 2. The first kappa shape index (κ1) is 21.5. The minimum atomic E-state index is -1.01. The summed E-state index contributed by atoms with van der Waals surface area (Å²) < 4.78 is 19.2. The molecule has 1 amide bonds. The average molecular weight is 453 g/mol. The SMILES string of the molecule is COc1ccc(F)cc1/C(O)=C1\C(=O)C(=O)N(c2cc(Cl)ccc2C)C1c1cccnc1. The molecule has 1 unspecified atom stereocenters. The Balaban J connectivity index is 2.01. The number of pyridine rings is 1. The van der Waals surface area contributed by atoms with Gasteiger partial charge in [0.25, 0.3) is 11.7 Å². The Labute approximate surface area is 188 Å². The van der Waals surface area contributed by atoms with E-state index < -0.39 is 29.3 Å². The molecule has 1 aliphatic rings. The molecular weight excluding hydrogens is 435 g/mol. The van der Waals surface area contributed by atoms with Crippen LogP contribution in [0.5, 0.6) is 5.75 Å². The standard InChI is InChI=1S/C24H18ClFN2O4/c1-13-5-6-15(25)10-18(13)28-21(14-4-3-9-27-12-14)20(23(30)24(28)31)22(29)17-11-16(26)7-8-19(17)32-2/h3-12,21,29H,1-2H3/b22-20+. The molecule has 0 bridgehead atoms. The van der Waals surface area contributed by atoms with Gasteiger partial charge in [0.15, 0.2) is 0 Å². The first-order valence-electron chi connectivity index (χ1n) is 9.64. The predicted molar refractivity (Wildman–Crippen MR) is 118 cm³/mol. The maximum absolute atomic E-state index is 14.0. The van der Waals surface area contributed by atoms with Crippen LogP contribution in [0, 0.1) is 12.7 Å². The van der Waals surface area contributed by atoms with E-state index in [4.69, 9.17) is 16.3 Å². The second kappa shape index (κ2) is 8.43. The number of hydrogen-bond donors (Lipinski definition) is 1. The molecule has 1 aromatic heterocycles. The summed E-state index contributed by atoms with van der Waals surface area (Å²) in [6.07, 6.45) is 3.05. The Morgan fingerprint density at radius 1 is 1.19 bits per heavy atom. The minimum Gasteiger partial charge on any atom is -0.507 e. The molecule has 2 heterocycles. The Morgan fingerprint density at radius 2 is 1.97 bits per heavy atom. The number of hydrogen-bond acceptors (Lipinski definition) is 5. The molecule has 1 N–H and O–H groups in total. The van der Waals surface area contributed by atoms with Gasteiger partial charge in [0.2, 0.25) is 0 Å². The number of aryl methyl sites for hydroxylation is 1. The molecule has 1 fully saturated rings. The highest BCUT2D eigenvalue weighted by atomic mass is 35.5. The largest absolute Gasteiger partial charge is 0.507 e. The van der Waals surface area contributed by atoms with Gasteiger partial charge in [-0.2, -0.15) is 0 Å². The van der Waals surface area contributed by atoms with Gasteiger partial charge in [0.05, 0.1) is 24.3 Å². The molecule has 0 aliphatic carbocycles. The molecule has 8 heteroatoms. The number of benzene rings is 2. The Hall–Kier alpha value is -3.71. The molecule has 162 valence electrons. The number of ketones is 1. The number of amides is 1. The molecule has 0 spiro atoms. The zero-order valence-corrected chi connectivity index (χ0v) is 17.9. The van der Waals surface area contributed by atoms with E-state index in [1.54, 1.807) is 43.5 Å². The molecule has 0 radical (unpaired) electrons. The Morgan fingerprint density at radius 3 is 2.66 bits per heavy atom. The van der Waals surface area contributed by atoms with Gasteiger partial charge in [-0.15, -0.1) is 0 Å². The van der Waals surface area contributed by atoms with Gasteiger partial charge in [-0.05, 0) is 54.4 Å². The number of aliphatic hydroxyl groups excluding tert-OH is 1. The summed E-state index contributed by atoms with van der Waals surface area (Å²) in [7, 11) is 1.36. The monoisotopic (exact) mass is 452 g/mol. The lowest BCUT2D eigenvalue weighted by molar-refractivity contribution is -0.132. The second-order valence-electron chi connectivity index (χ2n) is 7.23. The van der Waals surface area contributed by atoms with Crippen LogP contribution < -0.4 is 9.64 Å². The van der Waals surface area contributed by atoms with Crippen molar-refractivity contribution in [2.45, 2.75) is 13.0 Å². The molecule has 6 nitrogen and oxygen atoms in total. The smallest absolute Gasteiger partial charge is 0.300 e. The lowest BCUT2D eigenvalue weighted by atomic mass is 9.95. The molecule has 32 heavy (non-hydrogen) atoms. The minimum absolute atomic E-state index is 0.0396. The van der Waals surface area contributed by atoms with E-state index >= 15 is 0 Å². The highest BCUT2D eigenvalue weighted by Crippen LogP contribution is 2.44. The number of carbonyl (C=O) groups is 2. The number of anilines is 1. The summed E-state index contributed by atoms with van der Waals surface area (Å²) in [6.45, 7) is 1.78. The maximum atomic E-state index is 14.0. The summed E-state index contributed by atoms with van der Waals surface area (Å²) in [5.41, 5.74) is 1.36. The topological polar surface area (TPSA) is 79.7 Å². The van der Waals surface area contributed by atoms with E-state index in [2.05, 4.69) is 4.98 Å². The van der Waals surface area contributed by atoms with E-state index in [0.29, 0.717) is 21.8 Å². The number of aromatic nitrogens is 1. The van der Waals surface area contributed by atoms with Crippen molar-refractivity contribution in [3.63, 3.8) is 0 Å². The molecule has 0 saturated carbocycles. The van der Waals surface area contributed by atoms with Gasteiger partial charge in [-0.3, -0.25) is 19.5 Å². The molecule has 2 aromatic carbocycles. The van der Waals surface area contributed by atoms with E-state index in [1.165, 1.54) is 30.3 Å². The van der Waals surface area contributed by atoms with Crippen molar-refractivity contribution in [3.8, 4) is 5.75 Å². The van der Waals surface area contributed by atoms with E-state index in [1.807, 2.05) is 0 Å². The number of ether oxygens (including phenoxy) is 1. The van der Waals surface area contributed by atoms with E-state index in [0.717, 1.165) is 6.07 Å². The van der Waals surface area contributed by atoms with Crippen molar-refractivity contribution < 1.29 is 23.8 Å². The second-order valence-corrected chi connectivity index (χ2v) is 7.67. The summed E-state index contributed by atoms with van der Waals surface area (Å²) in [6, 6.07) is 10.9. The Bertz CT molecular complexity index is 1260. The zero-order valence-electron chi connectivity index (χ0n) is 17.2. The van der Waals surface area contributed by atoms with Crippen LogP contribution >= 0.6 is 11.6 Å². The third-order valence-electron chi connectivity index (χ3n) is 5.29. The van der Waals surface area contributed by atoms with Crippen LogP contribution in [0.2, 0.25) is 5.02 Å². The van der Waals surface area contributed by atoms with Crippen LogP contribution in [0.25, 0.3) is 5.76 Å². The quantitative estimate of drug-likeness (QED) is 0.349. The van der Waals surface area contributed by atoms with Crippen molar-refractivity contribution in [2.24, 2.45) is 0 Å². The number of methoxy groups -OCH3 is 1. The van der Waals surface area contributed by atoms with Gasteiger partial charge in [-0.1, -0.05) is 23.7 Å². The fourth-order valence-corrected chi connectivity index (χ4v) is 3.95. The number of aliphatic hydroxyl groups is 1. The van der Waals surface area contributed by atoms with Crippen LogP contribution in [-0.2, 0) is 9.59 Å². The summed E-state index contributed by atoms with van der Waals surface area (Å²) >= 11 is 6.17. The van der Waals surface area contributed by atoms with Crippen LogP contribution in [0.3, 0.4) is 0 Å². The maximum Gasteiger partial charge on any atom is 0.300 e. The average Bonchev–Trinajstić information content (AvgIpc) is 3.06. The summed E-state index contributed by atoms with van der Waals surface area (Å²) in [5.74, 6) is -2.79. The van der Waals surface area contributed by atoms with Crippen LogP contribution in [0.1, 0.15) is 22.7 Å². The van der Waals surface area contributed by atoms with Gasteiger partial charge in [-0.25, -0.2) is 4.39 Å². The van der Waals surface area contributed by atoms with Crippen LogP contribution in [0.15, 0.2) is 66.5 Å². The molecule has 1 saturated heterocycles. The number of rotatable bonds is 4. The predicted octanol–water partition coefficient (Wildman–Crippen LogP) is 4.82. The van der Waals surface area contributed by atoms with Crippen LogP contribution in [-0.4, -0.2) is 28.9 Å². The lowest BCUT2D eigenvalue weighted by Crippen LogP contribution is -2.30. The van der Waals surface area contributed by atoms with Crippen molar-refractivity contribution >= 4 is 34.7 Å².